The first-order valence-corrected chi connectivity index (χ1v) is 4.40. The van der Waals surface area contributed by atoms with E-state index in [0.29, 0.717) is 6.61 Å². The Balaban J connectivity index is 2.62. The number of ether oxygens (including phenoxy) is 1. The van der Waals surface area contributed by atoms with Gasteiger partial charge in [0.15, 0.2) is 0 Å². The first kappa shape index (κ1) is 8.80. The van der Waals surface area contributed by atoms with Crippen molar-refractivity contribution in [2.75, 3.05) is 13.2 Å². The van der Waals surface area contributed by atoms with E-state index in [-0.39, 0.29) is 6.61 Å². The molecule has 0 atom stereocenters. The zero-order chi connectivity index (χ0) is 8.10. The van der Waals surface area contributed by atoms with E-state index >= 15 is 0 Å². The zero-order valence-electron chi connectivity index (χ0n) is 5.96. The molecule has 1 aromatic carbocycles. The number of halogens is 1. The van der Waals surface area contributed by atoms with Crippen LogP contribution in [0.5, 0.6) is 5.75 Å². The van der Waals surface area contributed by atoms with Crippen molar-refractivity contribution in [3.63, 3.8) is 0 Å². The number of benzene rings is 1. The first-order chi connectivity index (χ1) is 5.34. The number of para-hydroxylation sites is 1. The van der Waals surface area contributed by atoms with Crippen LogP contribution < -0.4 is 4.74 Å². The van der Waals surface area contributed by atoms with Crippen molar-refractivity contribution >= 4 is 22.6 Å². The van der Waals surface area contributed by atoms with E-state index < -0.39 is 0 Å². The monoisotopic (exact) mass is 264 g/mol. The Morgan fingerprint density at radius 2 is 2.09 bits per heavy atom. The number of hydrogen-bond acceptors (Lipinski definition) is 2. The van der Waals surface area contributed by atoms with Crippen LogP contribution in [-0.2, 0) is 0 Å². The van der Waals surface area contributed by atoms with Gasteiger partial charge in [-0.25, -0.2) is 0 Å². The highest BCUT2D eigenvalue weighted by atomic mass is 127. The summed E-state index contributed by atoms with van der Waals surface area (Å²) in [5, 5.41) is 8.49. The van der Waals surface area contributed by atoms with E-state index in [9.17, 15) is 0 Å². The number of hydrogen-bond donors (Lipinski definition) is 1. The molecule has 0 saturated heterocycles. The van der Waals surface area contributed by atoms with Crippen molar-refractivity contribution in [2.45, 2.75) is 0 Å². The Labute approximate surface area is 79.3 Å². The zero-order valence-corrected chi connectivity index (χ0v) is 8.11. The lowest BCUT2D eigenvalue weighted by molar-refractivity contribution is 0.200. The summed E-state index contributed by atoms with van der Waals surface area (Å²) in [5.74, 6) is 0.835. The summed E-state index contributed by atoms with van der Waals surface area (Å²) in [5.41, 5.74) is 0. The molecule has 1 rings (SSSR count). The summed E-state index contributed by atoms with van der Waals surface area (Å²) in [7, 11) is 0. The molecular weight excluding hydrogens is 255 g/mol. The molecule has 2 nitrogen and oxygen atoms in total. The Kier molecular flexibility index (Phi) is 3.65. The van der Waals surface area contributed by atoms with Gasteiger partial charge in [-0.3, -0.25) is 0 Å². The highest BCUT2D eigenvalue weighted by Crippen LogP contribution is 2.18. The second-order valence-corrected chi connectivity index (χ2v) is 3.16. The van der Waals surface area contributed by atoms with Gasteiger partial charge in [0.05, 0.1) is 10.2 Å². The minimum atomic E-state index is 0.0605. The fraction of sp³-hybridized carbons (Fsp3) is 0.250. The van der Waals surface area contributed by atoms with Gasteiger partial charge in [0, 0.05) is 0 Å². The molecule has 0 radical (unpaired) electrons. The summed E-state index contributed by atoms with van der Waals surface area (Å²) >= 11 is 2.19. The molecule has 0 aliphatic rings. The molecule has 0 saturated carbocycles. The molecular formula is C8H9IO2. The van der Waals surface area contributed by atoms with E-state index in [2.05, 4.69) is 22.6 Å². The molecule has 0 aromatic heterocycles. The first-order valence-electron chi connectivity index (χ1n) is 3.33. The molecule has 0 amide bonds. The predicted octanol–water partition coefficient (Wildman–Crippen LogP) is 1.66. The lowest BCUT2D eigenvalue weighted by atomic mass is 10.3. The lowest BCUT2D eigenvalue weighted by Crippen LogP contribution is -2.02. The third kappa shape index (κ3) is 2.67. The third-order valence-corrected chi connectivity index (χ3v) is 2.08. The summed E-state index contributed by atoms with van der Waals surface area (Å²) in [6, 6.07) is 7.72. The van der Waals surface area contributed by atoms with Gasteiger partial charge < -0.3 is 9.84 Å². The highest BCUT2D eigenvalue weighted by Gasteiger charge is 1.96. The molecule has 3 heteroatoms. The molecule has 0 unspecified atom stereocenters. The topological polar surface area (TPSA) is 29.5 Å². The van der Waals surface area contributed by atoms with Gasteiger partial charge in [-0.15, -0.1) is 0 Å². The molecule has 11 heavy (non-hydrogen) atoms. The molecule has 0 fully saturated rings. The van der Waals surface area contributed by atoms with Crippen LogP contribution in [0.4, 0.5) is 0 Å². The third-order valence-electron chi connectivity index (χ3n) is 1.19. The largest absolute Gasteiger partial charge is 0.490 e. The maximum absolute atomic E-state index is 8.49. The second-order valence-electron chi connectivity index (χ2n) is 2.00. The Hall–Kier alpha value is -0.290. The molecule has 1 N–H and O–H groups in total. The number of aliphatic hydroxyl groups is 1. The van der Waals surface area contributed by atoms with E-state index in [1.807, 2.05) is 24.3 Å². The van der Waals surface area contributed by atoms with Crippen LogP contribution >= 0.6 is 22.6 Å². The summed E-state index contributed by atoms with van der Waals surface area (Å²) in [6.45, 7) is 0.422. The van der Waals surface area contributed by atoms with Crippen LogP contribution in [-0.4, -0.2) is 18.3 Å². The smallest absolute Gasteiger partial charge is 0.132 e. The molecule has 0 bridgehead atoms. The number of aliphatic hydroxyl groups excluding tert-OH is 1. The van der Waals surface area contributed by atoms with Crippen molar-refractivity contribution < 1.29 is 9.84 Å². The van der Waals surface area contributed by atoms with Crippen molar-refractivity contribution in [2.24, 2.45) is 0 Å². The molecule has 0 aliphatic carbocycles. The van der Waals surface area contributed by atoms with Crippen LogP contribution in [0.2, 0.25) is 0 Å². The van der Waals surface area contributed by atoms with Crippen LogP contribution in [0.25, 0.3) is 0 Å². The molecule has 1 aromatic rings. The minimum absolute atomic E-state index is 0.0605. The summed E-state index contributed by atoms with van der Waals surface area (Å²) in [6.07, 6.45) is 0. The van der Waals surface area contributed by atoms with E-state index in [1.54, 1.807) is 0 Å². The fourth-order valence-corrected chi connectivity index (χ4v) is 1.26. The fourth-order valence-electron chi connectivity index (χ4n) is 0.717. The molecule has 0 heterocycles. The number of rotatable bonds is 3. The normalized spacial score (nSPS) is 9.64. The van der Waals surface area contributed by atoms with Gasteiger partial charge in [0.1, 0.15) is 12.4 Å². The van der Waals surface area contributed by atoms with Gasteiger partial charge in [0.2, 0.25) is 0 Å². The van der Waals surface area contributed by atoms with Crippen molar-refractivity contribution in [3.05, 3.63) is 27.8 Å². The molecule has 0 aliphatic heterocycles. The minimum Gasteiger partial charge on any atom is -0.490 e. The van der Waals surface area contributed by atoms with Gasteiger partial charge in [-0.2, -0.15) is 0 Å². The predicted molar refractivity (Wildman–Crippen MR) is 51.7 cm³/mol. The summed E-state index contributed by atoms with van der Waals surface area (Å²) in [4.78, 5) is 0. The van der Waals surface area contributed by atoms with Crippen molar-refractivity contribution in [3.8, 4) is 5.75 Å². The van der Waals surface area contributed by atoms with Gasteiger partial charge in [-0.1, -0.05) is 12.1 Å². The van der Waals surface area contributed by atoms with Crippen molar-refractivity contribution in [1.82, 2.24) is 0 Å². The highest BCUT2D eigenvalue weighted by molar-refractivity contribution is 14.1. The average Bonchev–Trinajstić information content (AvgIpc) is 2.03. The molecule has 0 spiro atoms. The van der Waals surface area contributed by atoms with E-state index in [1.165, 1.54) is 0 Å². The molecule has 60 valence electrons. The van der Waals surface area contributed by atoms with E-state index in [4.69, 9.17) is 9.84 Å². The second kappa shape index (κ2) is 4.56. The van der Waals surface area contributed by atoms with E-state index in [0.717, 1.165) is 9.32 Å². The van der Waals surface area contributed by atoms with Crippen LogP contribution in [0.1, 0.15) is 0 Å². The van der Waals surface area contributed by atoms with Crippen LogP contribution in [0.3, 0.4) is 0 Å². The maximum atomic E-state index is 8.49. The lowest BCUT2D eigenvalue weighted by Gasteiger charge is -2.04. The van der Waals surface area contributed by atoms with Crippen LogP contribution in [0, 0.1) is 3.57 Å². The average molecular weight is 264 g/mol. The quantitative estimate of drug-likeness (QED) is 0.841. The maximum Gasteiger partial charge on any atom is 0.132 e. The van der Waals surface area contributed by atoms with Gasteiger partial charge >= 0.3 is 0 Å². The Morgan fingerprint density at radius 3 is 2.73 bits per heavy atom. The SMILES string of the molecule is OCCOc1ccccc1I. The van der Waals surface area contributed by atoms with Crippen molar-refractivity contribution in [1.29, 1.82) is 0 Å². The van der Waals surface area contributed by atoms with Gasteiger partial charge in [-0.05, 0) is 34.7 Å². The Morgan fingerprint density at radius 1 is 1.36 bits per heavy atom. The Bertz CT molecular complexity index is 225. The standard InChI is InChI=1S/C8H9IO2/c9-7-3-1-2-4-8(7)11-6-5-10/h1-4,10H,5-6H2. The summed E-state index contributed by atoms with van der Waals surface area (Å²) < 4.78 is 6.30. The van der Waals surface area contributed by atoms with Crippen LogP contribution in [0.15, 0.2) is 24.3 Å². The van der Waals surface area contributed by atoms with Gasteiger partial charge in [0.25, 0.3) is 0 Å².